The first kappa shape index (κ1) is 13.8. The fourth-order valence-corrected chi connectivity index (χ4v) is 2.09. The predicted molar refractivity (Wildman–Crippen MR) is 72.2 cm³/mol. The highest BCUT2D eigenvalue weighted by molar-refractivity contribution is 5.94. The van der Waals surface area contributed by atoms with Gasteiger partial charge in [0.25, 0.3) is 5.91 Å². The highest BCUT2D eigenvalue weighted by Crippen LogP contribution is 2.07. The molecule has 6 heteroatoms. The Morgan fingerprint density at radius 2 is 2.21 bits per heavy atom. The summed E-state index contributed by atoms with van der Waals surface area (Å²) in [7, 11) is 0. The number of hydrogen-bond acceptors (Lipinski definition) is 5. The second kappa shape index (κ2) is 7.06. The zero-order chi connectivity index (χ0) is 13.5. The Bertz CT molecular complexity index is 419. The van der Waals surface area contributed by atoms with E-state index in [2.05, 4.69) is 20.5 Å². The topological polar surface area (TPSA) is 77.5 Å². The van der Waals surface area contributed by atoms with Crippen LogP contribution in [0, 0.1) is 0 Å². The fourth-order valence-electron chi connectivity index (χ4n) is 2.09. The highest BCUT2D eigenvalue weighted by Gasteiger charge is 2.09. The quantitative estimate of drug-likeness (QED) is 0.643. The van der Waals surface area contributed by atoms with Crippen LogP contribution in [0.2, 0.25) is 0 Å². The number of aromatic nitrogens is 1. The van der Waals surface area contributed by atoms with Crippen molar-refractivity contribution in [1.82, 2.24) is 20.5 Å². The molecule has 1 aromatic rings. The maximum Gasteiger partial charge on any atom is 0.252 e. The average Bonchev–Trinajstić information content (AvgIpc) is 2.44. The van der Waals surface area contributed by atoms with E-state index in [1.165, 1.54) is 18.5 Å². The molecule has 2 heterocycles. The summed E-state index contributed by atoms with van der Waals surface area (Å²) in [6.07, 6.45) is 3.69. The molecular formula is C13H20N4O2. The van der Waals surface area contributed by atoms with E-state index < -0.39 is 0 Å². The molecule has 1 amide bonds. The van der Waals surface area contributed by atoms with E-state index in [4.69, 9.17) is 0 Å². The molecule has 3 N–H and O–H groups in total. The van der Waals surface area contributed by atoms with Crippen molar-refractivity contribution >= 4 is 5.91 Å². The first-order valence-corrected chi connectivity index (χ1v) is 6.61. The lowest BCUT2D eigenvalue weighted by Crippen LogP contribution is -2.44. The maximum atomic E-state index is 11.8. The number of carbonyl (C=O) groups is 1. The summed E-state index contributed by atoms with van der Waals surface area (Å²) in [6.45, 7) is 5.87. The second-order valence-electron chi connectivity index (χ2n) is 4.63. The summed E-state index contributed by atoms with van der Waals surface area (Å²) in [5.74, 6) is -0.183. The Morgan fingerprint density at radius 3 is 2.95 bits per heavy atom. The Balaban J connectivity index is 1.66. The molecule has 1 saturated heterocycles. The van der Waals surface area contributed by atoms with Crippen LogP contribution in [0.3, 0.4) is 0 Å². The zero-order valence-corrected chi connectivity index (χ0v) is 10.9. The standard InChI is InChI=1S/C13H20N4O2/c18-12-8-11(9-15-10-12)13(19)16-2-1-5-17-6-3-14-4-7-17/h8-10,14,18H,1-7H2,(H,16,19). The van der Waals surface area contributed by atoms with Crippen molar-refractivity contribution in [2.45, 2.75) is 6.42 Å². The molecule has 0 aromatic carbocycles. The number of rotatable bonds is 5. The molecule has 6 nitrogen and oxygen atoms in total. The van der Waals surface area contributed by atoms with Crippen LogP contribution >= 0.6 is 0 Å². The molecule has 104 valence electrons. The fraction of sp³-hybridized carbons (Fsp3) is 0.538. The summed E-state index contributed by atoms with van der Waals surface area (Å²) >= 11 is 0. The molecule has 1 aromatic heterocycles. The number of piperazine rings is 1. The van der Waals surface area contributed by atoms with Gasteiger partial charge in [0.2, 0.25) is 0 Å². The van der Waals surface area contributed by atoms with Gasteiger partial charge in [0.15, 0.2) is 0 Å². The summed E-state index contributed by atoms with van der Waals surface area (Å²) in [6, 6.07) is 1.42. The molecule has 0 unspecified atom stereocenters. The molecule has 19 heavy (non-hydrogen) atoms. The van der Waals surface area contributed by atoms with Gasteiger partial charge >= 0.3 is 0 Å². The zero-order valence-electron chi connectivity index (χ0n) is 10.9. The third-order valence-electron chi connectivity index (χ3n) is 3.13. The lowest BCUT2D eigenvalue weighted by atomic mass is 10.2. The summed E-state index contributed by atoms with van der Waals surface area (Å²) in [5.41, 5.74) is 0.391. The lowest BCUT2D eigenvalue weighted by molar-refractivity contribution is 0.0950. The third kappa shape index (κ3) is 4.50. The molecule has 0 radical (unpaired) electrons. The van der Waals surface area contributed by atoms with Crippen LogP contribution in [0.1, 0.15) is 16.8 Å². The van der Waals surface area contributed by atoms with Gasteiger partial charge in [-0.2, -0.15) is 0 Å². The van der Waals surface area contributed by atoms with E-state index in [0.29, 0.717) is 12.1 Å². The summed E-state index contributed by atoms with van der Waals surface area (Å²) in [4.78, 5) is 17.9. The van der Waals surface area contributed by atoms with Gasteiger partial charge in [-0.25, -0.2) is 0 Å². The first-order chi connectivity index (χ1) is 9.25. The minimum atomic E-state index is -0.191. The van der Waals surface area contributed by atoms with Crippen molar-refractivity contribution < 1.29 is 9.90 Å². The summed E-state index contributed by atoms with van der Waals surface area (Å²) < 4.78 is 0. The van der Waals surface area contributed by atoms with Gasteiger partial charge in [-0.15, -0.1) is 0 Å². The molecule has 2 rings (SSSR count). The first-order valence-electron chi connectivity index (χ1n) is 6.61. The van der Waals surface area contributed by atoms with Crippen LogP contribution in [0.15, 0.2) is 18.5 Å². The van der Waals surface area contributed by atoms with Gasteiger partial charge in [0.1, 0.15) is 5.75 Å². The van der Waals surface area contributed by atoms with E-state index in [1.54, 1.807) is 0 Å². The number of amides is 1. The molecule has 0 atom stereocenters. The van der Waals surface area contributed by atoms with E-state index in [9.17, 15) is 9.90 Å². The minimum Gasteiger partial charge on any atom is -0.506 e. The van der Waals surface area contributed by atoms with Gasteiger partial charge < -0.3 is 20.6 Å². The van der Waals surface area contributed by atoms with Crippen LogP contribution in [0.4, 0.5) is 0 Å². The molecule has 0 spiro atoms. The predicted octanol–water partition coefficient (Wildman–Crippen LogP) is -0.188. The molecule has 0 aliphatic carbocycles. The second-order valence-corrected chi connectivity index (χ2v) is 4.63. The van der Waals surface area contributed by atoms with E-state index in [0.717, 1.165) is 39.1 Å². The summed E-state index contributed by atoms with van der Waals surface area (Å²) in [5, 5.41) is 15.4. The van der Waals surface area contributed by atoms with Crippen LogP contribution in [0.25, 0.3) is 0 Å². The molecule has 0 bridgehead atoms. The molecule has 0 saturated carbocycles. The van der Waals surface area contributed by atoms with Crippen LogP contribution in [-0.2, 0) is 0 Å². The molecule has 1 aliphatic heterocycles. The Hall–Kier alpha value is -1.66. The Kier molecular flexibility index (Phi) is 5.11. The number of carbonyl (C=O) groups excluding carboxylic acids is 1. The van der Waals surface area contributed by atoms with Crippen LogP contribution in [0.5, 0.6) is 5.75 Å². The number of aromatic hydroxyl groups is 1. The average molecular weight is 264 g/mol. The van der Waals surface area contributed by atoms with Crippen LogP contribution in [-0.4, -0.2) is 60.2 Å². The smallest absolute Gasteiger partial charge is 0.252 e. The molecule has 1 aliphatic rings. The van der Waals surface area contributed by atoms with Gasteiger partial charge in [-0.05, 0) is 19.0 Å². The van der Waals surface area contributed by atoms with Crippen LogP contribution < -0.4 is 10.6 Å². The van der Waals surface area contributed by atoms with Gasteiger partial charge in [0, 0.05) is 38.9 Å². The maximum absolute atomic E-state index is 11.8. The largest absolute Gasteiger partial charge is 0.506 e. The SMILES string of the molecule is O=C(NCCCN1CCNCC1)c1cncc(O)c1. The Labute approximate surface area is 112 Å². The van der Waals surface area contributed by atoms with Crippen molar-refractivity contribution in [3.8, 4) is 5.75 Å². The Morgan fingerprint density at radius 1 is 1.42 bits per heavy atom. The number of nitrogens with one attached hydrogen (secondary N) is 2. The van der Waals surface area contributed by atoms with E-state index in [-0.39, 0.29) is 11.7 Å². The number of nitrogens with zero attached hydrogens (tertiary/aromatic N) is 2. The number of hydrogen-bond donors (Lipinski definition) is 3. The highest BCUT2D eigenvalue weighted by atomic mass is 16.3. The normalized spacial score (nSPS) is 16.2. The van der Waals surface area contributed by atoms with Gasteiger partial charge in [0.05, 0.1) is 11.8 Å². The van der Waals surface area contributed by atoms with Gasteiger partial charge in [-0.3, -0.25) is 9.78 Å². The van der Waals surface area contributed by atoms with E-state index >= 15 is 0 Å². The van der Waals surface area contributed by atoms with Crippen molar-refractivity contribution in [1.29, 1.82) is 0 Å². The number of pyridine rings is 1. The van der Waals surface area contributed by atoms with E-state index in [1.807, 2.05) is 0 Å². The van der Waals surface area contributed by atoms with Crippen molar-refractivity contribution in [2.75, 3.05) is 39.3 Å². The van der Waals surface area contributed by atoms with Gasteiger partial charge in [-0.1, -0.05) is 0 Å². The minimum absolute atomic E-state index is 0.00784. The van der Waals surface area contributed by atoms with Crippen molar-refractivity contribution in [3.63, 3.8) is 0 Å². The monoisotopic (exact) mass is 264 g/mol. The third-order valence-corrected chi connectivity index (χ3v) is 3.13. The van der Waals surface area contributed by atoms with Crippen molar-refractivity contribution in [3.05, 3.63) is 24.0 Å². The molecular weight excluding hydrogens is 244 g/mol. The molecule has 1 fully saturated rings. The van der Waals surface area contributed by atoms with Crippen molar-refractivity contribution in [2.24, 2.45) is 0 Å². The lowest BCUT2D eigenvalue weighted by Gasteiger charge is -2.27.